The second kappa shape index (κ2) is 26.8. The summed E-state index contributed by atoms with van der Waals surface area (Å²) in [6.45, 7) is -3.07. The molecule has 0 fully saturated rings. The molecular formula is C91H64N4OPtSi2-2. The van der Waals surface area contributed by atoms with Crippen molar-refractivity contribution < 1.29 is 94.8 Å². The van der Waals surface area contributed by atoms with Crippen molar-refractivity contribution in [2.45, 2.75) is 6.85 Å². The minimum absolute atomic E-state index is 0. The molecule has 3 aromatic heterocycles. The molecule has 8 heteroatoms. The Morgan fingerprint density at radius 1 is 0.414 bits per heavy atom. The molecule has 0 bridgehead atoms. The molecule has 0 aliphatic carbocycles. The topological polar surface area (TPSA) is 35.9 Å². The normalized spacial score (nSPS) is 18.4. The van der Waals surface area contributed by atoms with Crippen molar-refractivity contribution in [1.29, 1.82) is 0 Å². The Hall–Kier alpha value is -11.6. The van der Waals surface area contributed by atoms with E-state index in [0.29, 0.717) is 16.3 Å². The molecule has 0 aliphatic heterocycles. The molecule has 5 nitrogen and oxygen atoms in total. The van der Waals surface area contributed by atoms with Gasteiger partial charge in [0.2, 0.25) is 0 Å². The number of rotatable bonds is 16. The van der Waals surface area contributed by atoms with Gasteiger partial charge in [-0.25, -0.2) is 4.98 Å². The van der Waals surface area contributed by atoms with Gasteiger partial charge in [-0.15, -0.1) is 29.7 Å². The second-order valence-electron chi connectivity index (χ2n) is 21.5. The van der Waals surface area contributed by atoms with Crippen molar-refractivity contribution in [1.82, 2.24) is 14.1 Å². The number of hydrogen-bond acceptors (Lipinski definition) is 2. The molecule has 0 saturated carbocycles. The minimum Gasteiger partial charge on any atom is -0.510 e. The maximum Gasteiger partial charge on any atom is 0.268 e. The third-order valence-electron chi connectivity index (χ3n) is 16.3. The predicted octanol–water partition coefficient (Wildman–Crippen LogP) is 15.7. The fraction of sp³-hybridized carbons (Fsp3) is 0.0110. The monoisotopic (exact) mass is 1530 g/mol. The molecule has 3 heterocycles. The molecule has 0 amide bonds. The van der Waals surface area contributed by atoms with Crippen LogP contribution in [0.4, 0.5) is 0 Å². The van der Waals surface area contributed by atoms with Crippen molar-refractivity contribution in [3.63, 3.8) is 0 Å². The Morgan fingerprint density at radius 2 is 0.899 bits per heavy atom. The summed E-state index contributed by atoms with van der Waals surface area (Å²) in [6.07, 6.45) is 4.20. The van der Waals surface area contributed by atoms with E-state index in [0.717, 1.165) is 57.8 Å². The number of pyridine rings is 1. The van der Waals surface area contributed by atoms with E-state index < -0.39 is 380 Å². The Morgan fingerprint density at radius 3 is 1.46 bits per heavy atom. The van der Waals surface area contributed by atoms with E-state index >= 15 is 0 Å². The van der Waals surface area contributed by atoms with Crippen LogP contribution in [0.3, 0.4) is 0 Å². The maximum atomic E-state index is 11.2. The first-order valence-electron chi connectivity index (χ1n) is 53.0. The van der Waals surface area contributed by atoms with Gasteiger partial charge < -0.3 is 13.9 Å². The SMILES string of the molecule is [2H]c1c([2H])c([2H])c(-c2cnc(-n3c4[c-]c(Oc5[c-]c(-n6[c-][n+](-c7c(-c8c([2H])c([2H])c([2H])c([2H])c8[2H])cccc7-c7c([2H])c([2H])c([2H])c([Si](c8c([2H])c([2H])c([2H])c([2H])c8[2H])(c8c([2H])c([2H])c([2H])c([2H])c8[2H])c8c([2H])c([2H])c([2H])c([2H])c8[2H])c7[2H])c7ccc([Si](c8c([2H])c([2H])c([2H])c([2H])c8[2H])(c8c([2H])c([2H])c([2H])c([2H])c8[2H])c8c([2H])c([2H])c([2H])c([2H])c8[2H])cc76)ccc5)ccc4c4ccccc43)cc2C([2H])([2H])[2H])c([2H])c1[2H].[Pt]. The van der Waals surface area contributed by atoms with Gasteiger partial charge in [0, 0.05) is 54.0 Å². The smallest absolute Gasteiger partial charge is 0.268 e. The maximum absolute atomic E-state index is 11.2. The zero-order valence-electron chi connectivity index (χ0n) is 97.3. The third kappa shape index (κ3) is 11.0. The first-order chi connectivity index (χ1) is 68.0. The van der Waals surface area contributed by atoms with E-state index in [4.69, 9.17) is 25.3 Å². The molecule has 17 aromatic rings. The molecule has 17 rings (SSSR count). The van der Waals surface area contributed by atoms with Crippen molar-refractivity contribution in [2.24, 2.45) is 0 Å². The molecule has 0 spiro atoms. The van der Waals surface area contributed by atoms with Gasteiger partial charge in [-0.2, -0.15) is 18.2 Å². The Balaban J connectivity index is 0.0000152. The number of imidazole rings is 1. The van der Waals surface area contributed by atoms with Crippen LogP contribution in [-0.2, 0) is 21.1 Å². The van der Waals surface area contributed by atoms with Crippen LogP contribution in [0.1, 0.15) is 70.0 Å². The number of ether oxygens (including phenoxy) is 1. The molecule has 0 radical (unpaired) electrons. The van der Waals surface area contributed by atoms with Crippen LogP contribution in [0.2, 0.25) is 0 Å². The van der Waals surface area contributed by atoms with Gasteiger partial charge in [-0.05, 0) is 105 Å². The summed E-state index contributed by atoms with van der Waals surface area (Å²) < 4.78 is 454. The minimum atomic E-state index is -6.76. The number of para-hydroxylation sites is 2. The number of nitrogens with zero attached hydrogens (tertiary/aromatic N) is 4. The molecule has 99 heavy (non-hydrogen) atoms. The number of aromatic nitrogens is 4. The first-order valence-corrected chi connectivity index (χ1v) is 33.5. The summed E-state index contributed by atoms with van der Waals surface area (Å²) in [5.41, 5.74) is -5.96. The van der Waals surface area contributed by atoms with Crippen LogP contribution < -0.4 is 50.8 Å². The summed E-state index contributed by atoms with van der Waals surface area (Å²) in [4.78, 5) is 4.66. The van der Waals surface area contributed by atoms with Crippen LogP contribution in [0, 0.1) is 25.3 Å². The average Bonchev–Trinajstić information content (AvgIpc) is 0.713. The number of fused-ring (bicyclic) bond motifs is 4. The zero-order chi connectivity index (χ0) is 106. The number of benzene rings is 14. The Kier molecular flexibility index (Phi) is 7.91. The molecule has 0 atom stereocenters. The van der Waals surface area contributed by atoms with Gasteiger partial charge in [0.25, 0.3) is 6.33 Å². The molecular weight excluding hydrogens is 1420 g/mol. The van der Waals surface area contributed by atoms with Crippen LogP contribution >= 0.6 is 0 Å². The van der Waals surface area contributed by atoms with Crippen molar-refractivity contribution in [2.75, 3.05) is 0 Å². The summed E-state index contributed by atoms with van der Waals surface area (Å²) in [7, 11) is -13.0. The molecule has 14 aromatic carbocycles. The van der Waals surface area contributed by atoms with Gasteiger partial charge in [-0.3, -0.25) is 4.57 Å². The standard InChI is InChI=1S/C91H64N4OSi2.Pt/c1-66-59-90(92-64-85(66)68-33-12-3-13-34-68)95-86-54-27-26-51-83(86)84-57-55-72(62-88(84)95)96-71-37-29-36-70(61-71)93-65-94(87-58-56-80(63-89(87)93)98(76-44-20-7-21-45-76,77-46-22-8-23-47-77)78-48-24-9-25-49-78)91-81(67-31-10-2-11-32-67)52-30-53-82(91)69-35-28-50-79(60-69)97(73-38-14-4-15-39-73,74-40-16-5-17-41-74)75-42-18-6-19-43-75;/h2-60,63-64H,1H3;/q-2;/i1D3,2D,3D,4D,5D,6D,7D,8D,9D,10D,11D,12D,13D,14D,15D,16D,17D,18D,19D,20D,21D,22D,23D,24D,25D,28D,31D,32D,33D,34D,35D,38D,39D,40D,41D,42D,43D,44D,45D,46D,47D,48D,49D,50D,60D;. The van der Waals surface area contributed by atoms with Crippen molar-refractivity contribution >= 4 is 90.5 Å². The largest absolute Gasteiger partial charge is 0.510 e. The van der Waals surface area contributed by atoms with E-state index in [2.05, 4.69) is 23.4 Å². The quantitative estimate of drug-likeness (QED) is 0.0418. The van der Waals surface area contributed by atoms with Crippen LogP contribution in [0.5, 0.6) is 11.5 Å². The third-order valence-corrected chi connectivity index (χ3v) is 24.5. The Bertz CT molecular complexity index is 8120. The summed E-state index contributed by atoms with van der Waals surface area (Å²) in [6, 6.07) is -24.2. The summed E-state index contributed by atoms with van der Waals surface area (Å²) >= 11 is 0. The molecule has 0 unspecified atom stereocenters. The van der Waals surface area contributed by atoms with E-state index in [1.165, 1.54) is 28.8 Å². The zero-order valence-corrected chi connectivity index (χ0v) is 54.6. The fourth-order valence-corrected chi connectivity index (χ4v) is 19.5. The molecule has 0 N–H and O–H groups in total. The van der Waals surface area contributed by atoms with E-state index in [1.54, 1.807) is 30.3 Å². The van der Waals surface area contributed by atoms with E-state index in [1.807, 2.05) is 0 Å². The van der Waals surface area contributed by atoms with Crippen LogP contribution in [-0.4, -0.2) is 30.3 Å². The predicted molar refractivity (Wildman–Crippen MR) is 408 cm³/mol. The van der Waals surface area contributed by atoms with E-state index in [-0.39, 0.29) is 55.1 Å². The second-order valence-corrected chi connectivity index (χ2v) is 28.5. The number of hydrogen-bond donors (Lipinski definition) is 0. The molecule has 0 aliphatic rings. The fourth-order valence-electron chi connectivity index (χ4n) is 12.2. The van der Waals surface area contributed by atoms with Crippen molar-refractivity contribution in [3.05, 3.63) is 393 Å². The van der Waals surface area contributed by atoms with Gasteiger partial charge in [-0.1, -0.05) is 326 Å². The summed E-state index contributed by atoms with van der Waals surface area (Å²) in [5, 5.41) is -7.77. The van der Waals surface area contributed by atoms with Crippen LogP contribution in [0.25, 0.3) is 83.4 Å². The van der Waals surface area contributed by atoms with Crippen LogP contribution in [0.15, 0.2) is 369 Å². The summed E-state index contributed by atoms with van der Waals surface area (Å²) in [5.74, 6) is -0.599. The first kappa shape index (κ1) is 29.2. The molecule has 474 valence electrons. The Labute approximate surface area is 659 Å². The van der Waals surface area contributed by atoms with Gasteiger partial charge >= 0.3 is 0 Å². The number of aryl methyl sites for hydroxylation is 1. The average molecular weight is 1530 g/mol. The van der Waals surface area contributed by atoms with Gasteiger partial charge in [0.15, 0.2) is 16.1 Å². The van der Waals surface area contributed by atoms with E-state index in [9.17, 15) is 43.9 Å². The van der Waals surface area contributed by atoms with Crippen molar-refractivity contribution in [3.8, 4) is 62.1 Å². The molecule has 0 saturated heterocycles. The van der Waals surface area contributed by atoms with Gasteiger partial charge in [0.05, 0.1) is 77.0 Å². The van der Waals surface area contributed by atoms with Gasteiger partial charge in [0.1, 0.15) is 5.82 Å².